The maximum Gasteiger partial charge on any atom is 0.264 e. The lowest BCUT2D eigenvalue weighted by molar-refractivity contribution is -0.135. The molecule has 0 bridgehead atoms. The Morgan fingerprint density at radius 3 is 2.69 bits per heavy atom. The number of fused-ring (bicyclic) bond motifs is 1. The number of benzene rings is 1. The summed E-state index contributed by atoms with van der Waals surface area (Å²) < 4.78 is 11.2. The highest BCUT2D eigenvalue weighted by molar-refractivity contribution is 7.12. The van der Waals surface area contributed by atoms with E-state index < -0.39 is 0 Å². The van der Waals surface area contributed by atoms with Gasteiger partial charge in [0, 0.05) is 25.1 Å². The number of para-hydroxylation sites is 1. The number of rotatable bonds is 9. The fourth-order valence-corrected chi connectivity index (χ4v) is 5.45. The van der Waals surface area contributed by atoms with E-state index in [1.165, 1.54) is 16.2 Å². The lowest BCUT2D eigenvalue weighted by Gasteiger charge is -2.37. The van der Waals surface area contributed by atoms with Crippen molar-refractivity contribution >= 4 is 34.5 Å². The maximum absolute atomic E-state index is 13.4. The number of amides is 2. The Labute approximate surface area is 196 Å². The third-order valence-electron chi connectivity index (χ3n) is 5.48. The third kappa shape index (κ3) is 5.20. The molecule has 1 aliphatic heterocycles. The monoisotopic (exact) mass is 470 g/mol. The molecule has 2 amide bonds. The van der Waals surface area contributed by atoms with Crippen LogP contribution in [0.5, 0.6) is 5.75 Å². The fourth-order valence-electron chi connectivity index (χ4n) is 3.83. The van der Waals surface area contributed by atoms with Gasteiger partial charge in [-0.15, -0.1) is 22.7 Å². The van der Waals surface area contributed by atoms with E-state index in [0.29, 0.717) is 31.2 Å². The first kappa shape index (κ1) is 22.5. The van der Waals surface area contributed by atoms with Gasteiger partial charge in [-0.25, -0.2) is 0 Å². The molecule has 0 fully saturated rings. The van der Waals surface area contributed by atoms with Gasteiger partial charge in [0.05, 0.1) is 17.5 Å². The van der Waals surface area contributed by atoms with Crippen LogP contribution >= 0.6 is 22.7 Å². The Bertz CT molecular complexity index is 1020. The Morgan fingerprint density at radius 1 is 1.09 bits per heavy atom. The van der Waals surface area contributed by atoms with Gasteiger partial charge in [-0.3, -0.25) is 9.59 Å². The minimum absolute atomic E-state index is 0.0153. The zero-order valence-corrected chi connectivity index (χ0v) is 19.6. The third-order valence-corrected chi connectivity index (χ3v) is 7.33. The van der Waals surface area contributed by atoms with Gasteiger partial charge in [0.1, 0.15) is 18.9 Å². The van der Waals surface area contributed by atoms with Crippen LogP contribution in [0, 0.1) is 0 Å². The molecule has 0 unspecified atom stereocenters. The van der Waals surface area contributed by atoms with Crippen molar-refractivity contribution in [3.63, 3.8) is 0 Å². The van der Waals surface area contributed by atoms with Crippen molar-refractivity contribution < 1.29 is 19.1 Å². The normalized spacial score (nSPS) is 15.3. The molecule has 0 saturated heterocycles. The highest BCUT2D eigenvalue weighted by Crippen LogP contribution is 2.34. The van der Waals surface area contributed by atoms with Crippen LogP contribution in [0.15, 0.2) is 59.3 Å². The zero-order chi connectivity index (χ0) is 22.3. The lowest BCUT2D eigenvalue weighted by Crippen LogP contribution is -2.48. The molecule has 0 radical (unpaired) electrons. The van der Waals surface area contributed by atoms with Gasteiger partial charge in [-0.2, -0.15) is 0 Å². The van der Waals surface area contributed by atoms with Crippen LogP contribution < -0.4 is 4.74 Å². The summed E-state index contributed by atoms with van der Waals surface area (Å²) in [7, 11) is 1.59. The van der Waals surface area contributed by atoms with Gasteiger partial charge in [-0.05, 0) is 47.0 Å². The first-order valence-corrected chi connectivity index (χ1v) is 12.3. The summed E-state index contributed by atoms with van der Waals surface area (Å²) in [5, 5.41) is 3.93. The minimum atomic E-state index is -0.182. The van der Waals surface area contributed by atoms with Gasteiger partial charge < -0.3 is 19.3 Å². The Morgan fingerprint density at radius 2 is 1.94 bits per heavy atom. The quantitative estimate of drug-likeness (QED) is 0.472. The van der Waals surface area contributed by atoms with E-state index in [0.717, 1.165) is 17.7 Å². The van der Waals surface area contributed by atoms with Crippen molar-refractivity contribution in [2.24, 2.45) is 0 Å². The molecule has 32 heavy (non-hydrogen) atoms. The second-order valence-electron chi connectivity index (χ2n) is 7.47. The van der Waals surface area contributed by atoms with Gasteiger partial charge in [0.25, 0.3) is 5.91 Å². The molecule has 6 nitrogen and oxygen atoms in total. The molecule has 0 saturated carbocycles. The molecular weight excluding hydrogens is 444 g/mol. The molecule has 2 aromatic heterocycles. The fraction of sp³-hybridized carbons (Fsp3) is 0.333. The first-order valence-electron chi connectivity index (χ1n) is 10.5. The number of hydrogen-bond acceptors (Lipinski definition) is 6. The maximum atomic E-state index is 13.4. The molecule has 0 spiro atoms. The molecule has 168 valence electrons. The smallest absolute Gasteiger partial charge is 0.264 e. The van der Waals surface area contributed by atoms with Crippen molar-refractivity contribution in [1.82, 2.24) is 9.80 Å². The number of ether oxygens (including phenoxy) is 2. The number of hydrogen-bond donors (Lipinski definition) is 0. The largest absolute Gasteiger partial charge is 0.491 e. The predicted octanol–water partition coefficient (Wildman–Crippen LogP) is 4.10. The Balaban J connectivity index is 1.51. The molecule has 0 N–H and O–H groups in total. The van der Waals surface area contributed by atoms with Gasteiger partial charge in [0.2, 0.25) is 5.91 Å². The summed E-state index contributed by atoms with van der Waals surface area (Å²) in [5.41, 5.74) is 1.14. The average molecular weight is 471 g/mol. The number of carbonyl (C=O) groups excluding carboxylic acids is 2. The summed E-state index contributed by atoms with van der Waals surface area (Å²) >= 11 is 3.10. The lowest BCUT2D eigenvalue weighted by atomic mass is 10.0. The van der Waals surface area contributed by atoms with E-state index in [2.05, 4.69) is 11.4 Å². The number of thiophene rings is 2. The van der Waals surface area contributed by atoms with Crippen molar-refractivity contribution in [3.8, 4) is 5.75 Å². The second-order valence-corrected chi connectivity index (χ2v) is 9.42. The molecule has 3 aromatic rings. The van der Waals surface area contributed by atoms with E-state index in [-0.39, 0.29) is 24.4 Å². The van der Waals surface area contributed by atoms with Crippen LogP contribution in [-0.2, 0) is 16.0 Å². The van der Waals surface area contributed by atoms with Gasteiger partial charge >= 0.3 is 0 Å². The van der Waals surface area contributed by atoms with Gasteiger partial charge in [0.15, 0.2) is 0 Å². The molecule has 0 aliphatic carbocycles. The Kier molecular flexibility index (Phi) is 7.57. The van der Waals surface area contributed by atoms with Crippen molar-refractivity contribution in [2.45, 2.75) is 12.5 Å². The predicted molar refractivity (Wildman–Crippen MR) is 127 cm³/mol. The average Bonchev–Trinajstić information content (AvgIpc) is 3.52. The van der Waals surface area contributed by atoms with Crippen LogP contribution in [-0.4, -0.2) is 61.6 Å². The number of carbonyl (C=O) groups is 2. The molecular formula is C24H26N2O4S2. The highest BCUT2D eigenvalue weighted by atomic mass is 32.1. The number of nitrogens with zero attached hydrogens (tertiary/aromatic N) is 2. The molecule has 3 heterocycles. The summed E-state index contributed by atoms with van der Waals surface area (Å²) in [6.07, 6.45) is 0.817. The molecule has 1 atom stereocenters. The van der Waals surface area contributed by atoms with Crippen LogP contribution in [0.2, 0.25) is 0 Å². The molecule has 8 heteroatoms. The summed E-state index contributed by atoms with van der Waals surface area (Å²) in [4.78, 5) is 31.8. The van der Waals surface area contributed by atoms with Crippen LogP contribution in [0.1, 0.15) is 26.2 Å². The molecule has 1 aliphatic rings. The van der Waals surface area contributed by atoms with Crippen LogP contribution in [0.3, 0.4) is 0 Å². The van der Waals surface area contributed by atoms with Crippen LogP contribution in [0.4, 0.5) is 0 Å². The SMILES string of the molecule is COCCN(CC(=O)N1CCc2sccc2[C@H]1COc1ccccc1)C(=O)c1cccs1. The molecule has 4 rings (SSSR count). The van der Waals surface area contributed by atoms with Gasteiger partial charge in [-0.1, -0.05) is 24.3 Å². The highest BCUT2D eigenvalue weighted by Gasteiger charge is 2.33. The van der Waals surface area contributed by atoms with E-state index in [1.807, 2.05) is 46.7 Å². The number of methoxy groups -OCH3 is 1. The standard InChI is InChI=1S/C24H26N2O4S2/c1-29-13-12-25(24(28)22-8-5-14-31-22)16-23(27)26-11-9-21-19(10-15-32-21)20(26)17-30-18-6-3-2-4-7-18/h2-8,10,14-15,20H,9,11-13,16-17H2,1H3/t20-/m1/s1. The summed E-state index contributed by atoms with van der Waals surface area (Å²) in [5.74, 6) is 0.553. The van der Waals surface area contributed by atoms with E-state index >= 15 is 0 Å². The second kappa shape index (κ2) is 10.8. The first-order chi connectivity index (χ1) is 15.7. The van der Waals surface area contributed by atoms with Crippen LogP contribution in [0.25, 0.3) is 0 Å². The van der Waals surface area contributed by atoms with Crippen molar-refractivity contribution in [3.05, 3.63) is 74.6 Å². The van der Waals surface area contributed by atoms with Crippen molar-refractivity contribution in [1.29, 1.82) is 0 Å². The van der Waals surface area contributed by atoms with E-state index in [9.17, 15) is 9.59 Å². The minimum Gasteiger partial charge on any atom is -0.491 e. The summed E-state index contributed by atoms with van der Waals surface area (Å²) in [6, 6.07) is 15.2. The van der Waals surface area contributed by atoms with E-state index in [4.69, 9.17) is 9.47 Å². The Hall–Kier alpha value is -2.68. The molecule has 1 aromatic carbocycles. The summed E-state index contributed by atoms with van der Waals surface area (Å²) in [6.45, 7) is 1.74. The topological polar surface area (TPSA) is 59.1 Å². The zero-order valence-electron chi connectivity index (χ0n) is 17.9. The van der Waals surface area contributed by atoms with Crippen molar-refractivity contribution in [2.75, 3.05) is 40.0 Å². The van der Waals surface area contributed by atoms with E-state index in [1.54, 1.807) is 29.4 Å².